The summed E-state index contributed by atoms with van der Waals surface area (Å²) in [6.07, 6.45) is 1.05. The first-order valence-electron chi connectivity index (χ1n) is 10.8. The Morgan fingerprint density at radius 1 is 1.13 bits per heavy atom. The van der Waals surface area contributed by atoms with Gasteiger partial charge < -0.3 is 25.0 Å². The van der Waals surface area contributed by atoms with Crippen LogP contribution in [0.4, 0.5) is 0 Å². The monoisotopic (exact) mass is 545 g/mol. The maximum Gasteiger partial charge on any atom is 0.241 e. The van der Waals surface area contributed by atoms with Gasteiger partial charge in [0.2, 0.25) is 5.91 Å². The average molecular weight is 545 g/mol. The van der Waals surface area contributed by atoms with E-state index in [0.717, 1.165) is 59.0 Å². The Morgan fingerprint density at radius 2 is 1.87 bits per heavy atom. The van der Waals surface area contributed by atoms with Gasteiger partial charge >= 0.3 is 0 Å². The number of halogens is 1. The minimum absolute atomic E-state index is 0. The molecule has 2 heterocycles. The van der Waals surface area contributed by atoms with Crippen LogP contribution in [0, 0.1) is 5.92 Å². The fourth-order valence-corrected chi connectivity index (χ4v) is 3.51. The van der Waals surface area contributed by atoms with Crippen LogP contribution in [0.25, 0.3) is 0 Å². The third kappa shape index (κ3) is 8.91. The fraction of sp³-hybridized carbons (Fsp3) is 0.636. The highest BCUT2D eigenvalue weighted by atomic mass is 127. The molecule has 2 N–H and O–H groups in total. The standard InChI is InChI=1S/C22H35N5O3.HI/c1-26(2)21(28)15-25-22(23-13-18-7-10-30-17-18)24-14-19-5-3-4-6-20(19)16-27-8-11-29-12-9-27;/h3-6,18H,7-17H2,1-2H3,(H2,23,24,25);1H. The van der Waals surface area contributed by atoms with Crippen LogP contribution in [0.15, 0.2) is 29.3 Å². The van der Waals surface area contributed by atoms with Crippen molar-refractivity contribution < 1.29 is 14.3 Å². The number of carbonyl (C=O) groups is 1. The molecule has 0 aromatic heterocycles. The first-order chi connectivity index (χ1) is 14.6. The molecule has 0 aliphatic carbocycles. The van der Waals surface area contributed by atoms with Crippen molar-refractivity contribution in [2.45, 2.75) is 19.5 Å². The predicted octanol–water partition coefficient (Wildman–Crippen LogP) is 1.30. The number of nitrogens with zero attached hydrogens (tertiary/aromatic N) is 3. The van der Waals surface area contributed by atoms with E-state index in [0.29, 0.717) is 18.4 Å². The highest BCUT2D eigenvalue weighted by Gasteiger charge is 2.17. The van der Waals surface area contributed by atoms with Gasteiger partial charge in [-0.2, -0.15) is 0 Å². The molecule has 3 rings (SSSR count). The summed E-state index contributed by atoms with van der Waals surface area (Å²) in [5, 5.41) is 6.56. The number of rotatable bonds is 8. The van der Waals surface area contributed by atoms with Crippen molar-refractivity contribution in [3.05, 3.63) is 35.4 Å². The molecule has 8 nitrogen and oxygen atoms in total. The number of likely N-dealkylation sites (N-methyl/N-ethyl adjacent to an activating group) is 1. The van der Waals surface area contributed by atoms with Gasteiger partial charge in [-0.05, 0) is 17.5 Å². The molecule has 31 heavy (non-hydrogen) atoms. The van der Waals surface area contributed by atoms with Crippen LogP contribution in [-0.2, 0) is 27.4 Å². The van der Waals surface area contributed by atoms with Crippen molar-refractivity contribution in [3.8, 4) is 0 Å². The maximum atomic E-state index is 12.0. The maximum absolute atomic E-state index is 12.0. The summed E-state index contributed by atoms with van der Waals surface area (Å²) < 4.78 is 10.9. The van der Waals surface area contributed by atoms with E-state index in [1.807, 2.05) is 0 Å². The molecule has 9 heteroatoms. The molecule has 1 atom stereocenters. The minimum Gasteiger partial charge on any atom is -0.381 e. The van der Waals surface area contributed by atoms with Crippen LogP contribution in [-0.4, -0.2) is 88.4 Å². The zero-order valence-corrected chi connectivity index (χ0v) is 21.0. The van der Waals surface area contributed by atoms with Gasteiger partial charge in [0.1, 0.15) is 0 Å². The van der Waals surface area contributed by atoms with E-state index in [1.54, 1.807) is 19.0 Å². The summed E-state index contributed by atoms with van der Waals surface area (Å²) in [6, 6.07) is 8.44. The molecule has 0 radical (unpaired) electrons. The van der Waals surface area contributed by atoms with E-state index < -0.39 is 0 Å². The molecule has 0 bridgehead atoms. The van der Waals surface area contributed by atoms with Gasteiger partial charge in [0.05, 0.1) is 32.9 Å². The van der Waals surface area contributed by atoms with E-state index in [2.05, 4.69) is 39.8 Å². The summed E-state index contributed by atoms with van der Waals surface area (Å²) in [6.45, 7) is 7.58. The molecule has 1 amide bonds. The van der Waals surface area contributed by atoms with Crippen LogP contribution >= 0.6 is 24.0 Å². The first kappa shape index (κ1) is 25.8. The smallest absolute Gasteiger partial charge is 0.241 e. The zero-order chi connectivity index (χ0) is 21.2. The summed E-state index contributed by atoms with van der Waals surface area (Å²) in [7, 11) is 3.51. The molecular weight excluding hydrogens is 509 g/mol. The Balaban J connectivity index is 0.00000341. The number of aliphatic imine (C=N–C) groups is 1. The van der Waals surface area contributed by atoms with Crippen molar-refractivity contribution in [2.24, 2.45) is 10.9 Å². The Labute approximate surface area is 202 Å². The van der Waals surface area contributed by atoms with E-state index >= 15 is 0 Å². The first-order valence-corrected chi connectivity index (χ1v) is 10.8. The Hall–Kier alpha value is -1.43. The lowest BCUT2D eigenvalue weighted by molar-refractivity contribution is -0.127. The lowest BCUT2D eigenvalue weighted by Gasteiger charge is -2.27. The van der Waals surface area contributed by atoms with Crippen LogP contribution < -0.4 is 10.6 Å². The largest absolute Gasteiger partial charge is 0.381 e. The number of carbonyl (C=O) groups excluding carboxylic acids is 1. The summed E-state index contributed by atoms with van der Waals surface area (Å²) in [4.78, 5) is 20.8. The molecule has 1 aromatic carbocycles. The number of hydrogen-bond donors (Lipinski definition) is 2. The second kappa shape index (κ2) is 13.9. The third-order valence-electron chi connectivity index (χ3n) is 5.51. The molecular formula is C22H36IN5O3. The van der Waals surface area contributed by atoms with Crippen molar-refractivity contribution in [1.82, 2.24) is 20.4 Å². The van der Waals surface area contributed by atoms with E-state index in [4.69, 9.17) is 14.5 Å². The topological polar surface area (TPSA) is 78.4 Å². The van der Waals surface area contributed by atoms with Gasteiger partial charge in [-0.15, -0.1) is 24.0 Å². The third-order valence-corrected chi connectivity index (χ3v) is 5.51. The Kier molecular flexibility index (Phi) is 11.6. The van der Waals surface area contributed by atoms with E-state index in [9.17, 15) is 4.79 Å². The normalized spacial score (nSPS) is 19.5. The lowest BCUT2D eigenvalue weighted by Crippen LogP contribution is -2.44. The number of nitrogens with one attached hydrogen (secondary N) is 2. The van der Waals surface area contributed by atoms with Crippen molar-refractivity contribution in [2.75, 3.05) is 66.7 Å². The molecule has 0 saturated carbocycles. The quantitative estimate of drug-likeness (QED) is 0.292. The van der Waals surface area contributed by atoms with Crippen molar-refractivity contribution in [1.29, 1.82) is 0 Å². The predicted molar refractivity (Wildman–Crippen MR) is 133 cm³/mol. The number of morpholine rings is 1. The van der Waals surface area contributed by atoms with Gasteiger partial charge in [0, 0.05) is 52.8 Å². The Morgan fingerprint density at radius 3 is 2.55 bits per heavy atom. The molecule has 2 aliphatic rings. The van der Waals surface area contributed by atoms with Crippen LogP contribution in [0.2, 0.25) is 0 Å². The number of ether oxygens (including phenoxy) is 2. The van der Waals surface area contributed by atoms with Crippen LogP contribution in [0.5, 0.6) is 0 Å². The van der Waals surface area contributed by atoms with Gasteiger partial charge in [-0.1, -0.05) is 24.3 Å². The molecule has 0 spiro atoms. The zero-order valence-electron chi connectivity index (χ0n) is 18.6. The highest BCUT2D eigenvalue weighted by molar-refractivity contribution is 14.0. The Bertz CT molecular complexity index is 704. The van der Waals surface area contributed by atoms with Crippen LogP contribution in [0.1, 0.15) is 17.5 Å². The number of hydrogen-bond acceptors (Lipinski definition) is 5. The number of amides is 1. The van der Waals surface area contributed by atoms with Gasteiger partial charge in [-0.25, -0.2) is 4.99 Å². The molecule has 1 unspecified atom stereocenters. The van der Waals surface area contributed by atoms with Gasteiger partial charge in [-0.3, -0.25) is 9.69 Å². The SMILES string of the molecule is CN(C)C(=O)CNC(=NCc1ccccc1CN1CCOCC1)NCC1CCOC1.I. The average Bonchev–Trinajstić information content (AvgIpc) is 3.28. The van der Waals surface area contributed by atoms with E-state index in [-0.39, 0.29) is 36.4 Å². The molecule has 2 aliphatic heterocycles. The molecule has 2 fully saturated rings. The van der Waals surface area contributed by atoms with Crippen molar-refractivity contribution in [3.63, 3.8) is 0 Å². The summed E-state index contributed by atoms with van der Waals surface area (Å²) >= 11 is 0. The second-order valence-corrected chi connectivity index (χ2v) is 8.07. The second-order valence-electron chi connectivity index (χ2n) is 8.07. The molecule has 2 saturated heterocycles. The number of benzene rings is 1. The van der Waals surface area contributed by atoms with Gasteiger partial charge in [0.25, 0.3) is 0 Å². The van der Waals surface area contributed by atoms with E-state index in [1.165, 1.54) is 11.1 Å². The lowest BCUT2D eigenvalue weighted by atomic mass is 10.1. The molecule has 1 aromatic rings. The summed E-state index contributed by atoms with van der Waals surface area (Å²) in [5.41, 5.74) is 2.49. The summed E-state index contributed by atoms with van der Waals surface area (Å²) in [5.74, 6) is 1.16. The minimum atomic E-state index is 0. The van der Waals surface area contributed by atoms with Crippen molar-refractivity contribution >= 4 is 35.8 Å². The fourth-order valence-electron chi connectivity index (χ4n) is 3.51. The highest BCUT2D eigenvalue weighted by Crippen LogP contribution is 2.14. The molecule has 174 valence electrons. The van der Waals surface area contributed by atoms with Crippen LogP contribution in [0.3, 0.4) is 0 Å². The van der Waals surface area contributed by atoms with Gasteiger partial charge in [0.15, 0.2) is 5.96 Å². The number of guanidine groups is 1.